The Morgan fingerprint density at radius 1 is 1.08 bits per heavy atom. The predicted molar refractivity (Wildman–Crippen MR) is 141 cm³/mol. The summed E-state index contributed by atoms with van der Waals surface area (Å²) in [5.41, 5.74) is 2.04. The average molecular weight is 563 g/mol. The van der Waals surface area contributed by atoms with E-state index in [-0.39, 0.29) is 17.3 Å². The summed E-state index contributed by atoms with van der Waals surface area (Å²) in [7, 11) is 0. The first-order valence-corrected chi connectivity index (χ1v) is 13.7. The van der Waals surface area contributed by atoms with Gasteiger partial charge in [-0.05, 0) is 73.4 Å². The summed E-state index contributed by atoms with van der Waals surface area (Å²) in [6, 6.07) is 8.46. The summed E-state index contributed by atoms with van der Waals surface area (Å²) in [4.78, 5) is 24.9. The number of aromatic nitrogens is 3. The van der Waals surface area contributed by atoms with Crippen LogP contribution >= 0.6 is 23.1 Å². The Morgan fingerprint density at radius 3 is 2.58 bits per heavy atom. The molecule has 8 nitrogen and oxygen atoms in total. The van der Waals surface area contributed by atoms with Crippen LogP contribution in [0.25, 0.3) is 16.6 Å². The molecule has 4 heterocycles. The molecule has 1 amide bonds. The zero-order valence-corrected chi connectivity index (χ0v) is 21.7. The Bertz CT molecular complexity index is 1320. The summed E-state index contributed by atoms with van der Waals surface area (Å²) in [5, 5.41) is 18.9. The van der Waals surface area contributed by atoms with E-state index in [0.29, 0.717) is 45.0 Å². The number of halogens is 3. The number of nitrogens with one attached hydrogen (secondary N) is 3. The highest BCUT2D eigenvalue weighted by Crippen LogP contribution is 2.38. The molecule has 3 aromatic rings. The van der Waals surface area contributed by atoms with E-state index in [1.807, 2.05) is 6.07 Å². The highest BCUT2D eigenvalue weighted by atomic mass is 32.2. The monoisotopic (exact) mass is 562 g/mol. The fourth-order valence-electron chi connectivity index (χ4n) is 4.45. The average Bonchev–Trinajstić information content (AvgIpc) is 3.51. The molecule has 3 aromatic heterocycles. The molecule has 0 radical (unpaired) electrons. The zero-order chi connectivity index (χ0) is 26.7. The zero-order valence-electron chi connectivity index (χ0n) is 20.0. The van der Waals surface area contributed by atoms with Crippen molar-refractivity contribution in [2.75, 3.05) is 5.32 Å². The molecule has 1 saturated carbocycles. The van der Waals surface area contributed by atoms with Crippen LogP contribution in [0.1, 0.15) is 41.8 Å². The van der Waals surface area contributed by atoms with Gasteiger partial charge in [-0.3, -0.25) is 9.78 Å². The maximum Gasteiger partial charge on any atom is 0.425 e. The van der Waals surface area contributed by atoms with E-state index >= 15 is 0 Å². The van der Waals surface area contributed by atoms with E-state index in [2.05, 4.69) is 30.9 Å². The van der Waals surface area contributed by atoms with Crippen molar-refractivity contribution in [3.05, 3.63) is 63.8 Å². The first-order chi connectivity index (χ1) is 18.2. The quantitative estimate of drug-likeness (QED) is 0.309. The molecule has 1 atom stereocenters. The number of thioether (sulfide) groups is 1. The van der Waals surface area contributed by atoms with Crippen molar-refractivity contribution in [2.24, 2.45) is 0 Å². The number of hydrogen-bond acceptors (Lipinski definition) is 9. The van der Waals surface area contributed by atoms with E-state index < -0.39 is 17.3 Å². The second-order valence-corrected chi connectivity index (χ2v) is 11.2. The maximum absolute atomic E-state index is 13.0. The third-order valence-corrected chi connectivity index (χ3v) is 8.37. The number of rotatable bonds is 7. The van der Waals surface area contributed by atoms with Crippen LogP contribution < -0.4 is 16.0 Å². The van der Waals surface area contributed by atoms with Crippen molar-refractivity contribution in [1.82, 2.24) is 25.6 Å². The maximum atomic E-state index is 13.0. The number of aliphatic hydroxyl groups is 1. The van der Waals surface area contributed by atoms with Gasteiger partial charge in [-0.15, -0.1) is 11.3 Å². The van der Waals surface area contributed by atoms with Gasteiger partial charge >= 0.3 is 6.18 Å². The van der Waals surface area contributed by atoms with Gasteiger partial charge in [-0.2, -0.15) is 13.2 Å². The standard InChI is InChI=1S/C25H25F3N6O2S2/c26-25(27,28)20-8-7-18(37-20)21-14(2-1-10-29-21)13-31-15-3-5-16(6-4-15)32-23-30-11-9-17(33-23)12-19-22(35)34-24(36)38-19/h1-2,7-12,15-16,22,31,35H,3-6,13H2,(H,34,36)(H,30,32,33)/b19-12-. The fourth-order valence-corrected chi connectivity index (χ4v) is 6.09. The van der Waals surface area contributed by atoms with Crippen molar-refractivity contribution in [2.45, 2.75) is 56.7 Å². The van der Waals surface area contributed by atoms with Gasteiger partial charge in [0.15, 0.2) is 6.23 Å². The molecule has 2 aliphatic rings. The van der Waals surface area contributed by atoms with Gasteiger partial charge in [0.2, 0.25) is 5.95 Å². The van der Waals surface area contributed by atoms with E-state index in [1.165, 1.54) is 6.07 Å². The second kappa shape index (κ2) is 11.4. The fraction of sp³-hybridized carbons (Fsp3) is 0.360. The molecule has 1 unspecified atom stereocenters. The number of pyridine rings is 1. The Balaban J connectivity index is 1.14. The molecule has 0 spiro atoms. The van der Waals surface area contributed by atoms with Crippen molar-refractivity contribution in [3.63, 3.8) is 0 Å². The van der Waals surface area contributed by atoms with Crippen LogP contribution in [0, 0.1) is 0 Å². The van der Waals surface area contributed by atoms with Gasteiger partial charge in [-0.1, -0.05) is 6.07 Å². The normalized spacial score (nSPS) is 23.0. The minimum Gasteiger partial charge on any atom is -0.369 e. The minimum atomic E-state index is -4.36. The summed E-state index contributed by atoms with van der Waals surface area (Å²) >= 11 is 1.65. The Morgan fingerprint density at radius 2 is 1.87 bits per heavy atom. The summed E-state index contributed by atoms with van der Waals surface area (Å²) < 4.78 is 39.1. The largest absolute Gasteiger partial charge is 0.425 e. The summed E-state index contributed by atoms with van der Waals surface area (Å²) in [5.74, 6) is 0.488. The van der Waals surface area contributed by atoms with Gasteiger partial charge in [0.1, 0.15) is 4.88 Å². The number of anilines is 1. The molecule has 1 saturated heterocycles. The van der Waals surface area contributed by atoms with Crippen molar-refractivity contribution in [1.29, 1.82) is 0 Å². The molecule has 4 N–H and O–H groups in total. The predicted octanol–water partition coefficient (Wildman–Crippen LogP) is 5.25. The lowest BCUT2D eigenvalue weighted by molar-refractivity contribution is -0.134. The van der Waals surface area contributed by atoms with Crippen LogP contribution in [-0.4, -0.2) is 43.6 Å². The van der Waals surface area contributed by atoms with Crippen molar-refractivity contribution in [3.8, 4) is 10.6 Å². The second-order valence-electron chi connectivity index (χ2n) is 9.03. The lowest BCUT2D eigenvalue weighted by Crippen LogP contribution is -2.37. The first kappa shape index (κ1) is 26.6. The number of amides is 1. The smallest absolute Gasteiger partial charge is 0.369 e. The molecule has 0 aromatic carbocycles. The van der Waals surface area contributed by atoms with E-state index in [9.17, 15) is 23.1 Å². The Labute approximate surface area is 225 Å². The van der Waals surface area contributed by atoms with Crippen molar-refractivity contribution >= 4 is 40.4 Å². The number of aliphatic hydroxyl groups excluding tert-OH is 1. The number of thiophene rings is 1. The highest BCUT2D eigenvalue weighted by Gasteiger charge is 2.33. The third-order valence-electron chi connectivity index (χ3n) is 6.35. The molecule has 13 heteroatoms. The molecule has 5 rings (SSSR count). The van der Waals surface area contributed by atoms with E-state index in [0.717, 1.165) is 49.1 Å². The van der Waals surface area contributed by atoms with Crippen LogP contribution in [-0.2, 0) is 12.7 Å². The van der Waals surface area contributed by atoms with Crippen LogP contribution in [0.3, 0.4) is 0 Å². The van der Waals surface area contributed by atoms with Gasteiger partial charge in [0.05, 0.1) is 16.3 Å². The molecule has 2 fully saturated rings. The van der Waals surface area contributed by atoms with Crippen LogP contribution in [0.4, 0.5) is 23.9 Å². The third kappa shape index (κ3) is 6.52. The molecule has 1 aliphatic carbocycles. The topological polar surface area (TPSA) is 112 Å². The Kier molecular flexibility index (Phi) is 7.98. The van der Waals surface area contributed by atoms with Crippen molar-refractivity contribution < 1.29 is 23.1 Å². The molecule has 38 heavy (non-hydrogen) atoms. The Hall–Kier alpha value is -3.00. The summed E-state index contributed by atoms with van der Waals surface area (Å²) in [6.45, 7) is 0.520. The molecule has 1 aliphatic heterocycles. The molecular formula is C25H25F3N6O2S2. The lowest BCUT2D eigenvalue weighted by atomic mass is 9.91. The summed E-state index contributed by atoms with van der Waals surface area (Å²) in [6.07, 6.45) is 3.16. The van der Waals surface area contributed by atoms with Gasteiger partial charge in [0, 0.05) is 35.9 Å². The SMILES string of the molecule is O=C1NC(O)/C(=C/c2ccnc(NC3CCC(NCc4cccnc4-c4ccc(C(F)(F)F)s4)CC3)n2)S1. The van der Waals surface area contributed by atoms with Gasteiger partial charge in [0.25, 0.3) is 5.24 Å². The molecule has 0 bridgehead atoms. The number of nitrogens with zero attached hydrogens (tertiary/aromatic N) is 3. The lowest BCUT2D eigenvalue weighted by Gasteiger charge is -2.30. The highest BCUT2D eigenvalue weighted by molar-refractivity contribution is 8.17. The molecular weight excluding hydrogens is 537 g/mol. The number of alkyl halides is 3. The van der Waals surface area contributed by atoms with Gasteiger partial charge < -0.3 is 21.1 Å². The molecule has 200 valence electrons. The van der Waals surface area contributed by atoms with Crippen LogP contribution in [0.2, 0.25) is 0 Å². The number of hydrogen-bond donors (Lipinski definition) is 4. The van der Waals surface area contributed by atoms with E-state index in [1.54, 1.807) is 30.6 Å². The number of carbonyl (C=O) groups excluding carboxylic acids is 1. The van der Waals surface area contributed by atoms with Crippen LogP contribution in [0.5, 0.6) is 0 Å². The number of carbonyl (C=O) groups is 1. The van der Waals surface area contributed by atoms with Gasteiger partial charge in [-0.25, -0.2) is 9.97 Å². The minimum absolute atomic E-state index is 0.200. The van der Waals surface area contributed by atoms with E-state index in [4.69, 9.17) is 0 Å². The van der Waals surface area contributed by atoms with Crippen LogP contribution in [0.15, 0.2) is 47.6 Å². The first-order valence-electron chi connectivity index (χ1n) is 12.1.